The predicted octanol–water partition coefficient (Wildman–Crippen LogP) is 8.86. The van der Waals surface area contributed by atoms with Gasteiger partial charge in [-0.15, -0.1) is 0 Å². The van der Waals surface area contributed by atoms with Gasteiger partial charge in [-0.1, -0.05) is 54.1 Å². The van der Waals surface area contributed by atoms with Gasteiger partial charge in [0.2, 0.25) is 0 Å². The maximum absolute atomic E-state index is 7.52. The summed E-state index contributed by atoms with van der Waals surface area (Å²) in [7, 11) is 8.63. The van der Waals surface area contributed by atoms with E-state index in [1.165, 1.54) is 27.8 Å². The van der Waals surface area contributed by atoms with Crippen LogP contribution in [0.5, 0.6) is 23.0 Å². The summed E-state index contributed by atoms with van der Waals surface area (Å²) in [6, 6.07) is 29.4. The molecule has 0 radical (unpaired) electrons. The molecule has 0 fully saturated rings. The fourth-order valence-corrected chi connectivity index (χ4v) is 7.78. The average molecular weight is 643 g/mol. The van der Waals surface area contributed by atoms with Crippen molar-refractivity contribution in [1.82, 2.24) is 0 Å². The normalized spacial score (nSPS) is 15.0. The number of methoxy groups -OCH3 is 5. The molecule has 1 aliphatic carbocycles. The Labute approximate surface area is 282 Å². The SMILES string of the molecule is COCCC1(CCOC)c2cc(C)ccc2-c2c1c1c(c3cc(OC)ccc23)OC(c2ccc(OC)cc2)(c2ccc(OC)cc2)C=C1. The van der Waals surface area contributed by atoms with Gasteiger partial charge in [0.1, 0.15) is 23.0 Å². The van der Waals surface area contributed by atoms with Crippen molar-refractivity contribution in [2.75, 3.05) is 48.8 Å². The highest BCUT2D eigenvalue weighted by Gasteiger charge is 2.48. The Balaban J connectivity index is 1.57. The van der Waals surface area contributed by atoms with Gasteiger partial charge in [0.15, 0.2) is 5.60 Å². The molecule has 0 amide bonds. The molecule has 2 aliphatic rings. The lowest BCUT2D eigenvalue weighted by molar-refractivity contribution is 0.143. The van der Waals surface area contributed by atoms with E-state index in [4.69, 9.17) is 28.4 Å². The zero-order valence-electron chi connectivity index (χ0n) is 28.5. The van der Waals surface area contributed by atoms with Crippen LogP contribution in [0, 0.1) is 6.92 Å². The smallest absolute Gasteiger partial charge is 0.178 e. The summed E-state index contributed by atoms with van der Waals surface area (Å²) in [6.07, 6.45) is 6.09. The third-order valence-electron chi connectivity index (χ3n) is 10.2. The zero-order chi connectivity index (χ0) is 33.5. The van der Waals surface area contributed by atoms with E-state index in [-0.39, 0.29) is 5.41 Å². The van der Waals surface area contributed by atoms with Crippen LogP contribution < -0.4 is 18.9 Å². The number of rotatable bonds is 11. The molecule has 5 aromatic carbocycles. The van der Waals surface area contributed by atoms with Crippen molar-refractivity contribution in [2.45, 2.75) is 30.8 Å². The van der Waals surface area contributed by atoms with Crippen LogP contribution in [0.3, 0.4) is 0 Å². The van der Waals surface area contributed by atoms with Crippen molar-refractivity contribution < 1.29 is 28.4 Å². The highest BCUT2D eigenvalue weighted by molar-refractivity contribution is 6.09. The summed E-state index contributed by atoms with van der Waals surface area (Å²) in [5.74, 6) is 3.16. The fraction of sp³-hybridized carbons (Fsp3) is 0.286. The minimum Gasteiger partial charge on any atom is -0.497 e. The van der Waals surface area contributed by atoms with E-state index in [9.17, 15) is 0 Å². The van der Waals surface area contributed by atoms with E-state index < -0.39 is 5.60 Å². The van der Waals surface area contributed by atoms with Crippen LogP contribution in [0.25, 0.3) is 28.0 Å². The molecule has 0 spiro atoms. The third-order valence-corrected chi connectivity index (χ3v) is 10.2. The molecular weight excluding hydrogens is 600 g/mol. The van der Waals surface area contributed by atoms with Gasteiger partial charge in [-0.05, 0) is 95.9 Å². The molecule has 0 atom stereocenters. The first kappa shape index (κ1) is 31.8. The van der Waals surface area contributed by atoms with Crippen molar-refractivity contribution in [2.24, 2.45) is 0 Å². The topological polar surface area (TPSA) is 55.4 Å². The average Bonchev–Trinajstić information content (AvgIpc) is 3.42. The molecule has 0 saturated carbocycles. The van der Waals surface area contributed by atoms with Crippen LogP contribution >= 0.6 is 0 Å². The summed E-state index contributed by atoms with van der Waals surface area (Å²) < 4.78 is 36.0. The molecule has 48 heavy (non-hydrogen) atoms. The minimum atomic E-state index is -0.931. The van der Waals surface area contributed by atoms with Crippen molar-refractivity contribution >= 4 is 16.8 Å². The molecule has 6 heteroatoms. The molecule has 0 saturated heterocycles. The zero-order valence-corrected chi connectivity index (χ0v) is 28.5. The summed E-state index contributed by atoms with van der Waals surface area (Å²) in [5, 5.41) is 2.12. The Morgan fingerprint density at radius 2 is 1.21 bits per heavy atom. The Bertz CT molecular complexity index is 1940. The Hall–Kier alpha value is -4.78. The number of hydrogen-bond acceptors (Lipinski definition) is 6. The van der Waals surface area contributed by atoms with Crippen LogP contribution in [0.15, 0.2) is 91.0 Å². The molecule has 0 unspecified atom stereocenters. The molecule has 0 bridgehead atoms. The Morgan fingerprint density at radius 3 is 1.77 bits per heavy atom. The van der Waals surface area contributed by atoms with Crippen molar-refractivity contribution in [3.63, 3.8) is 0 Å². The van der Waals surface area contributed by atoms with Gasteiger partial charge in [0.05, 0.1) is 21.3 Å². The van der Waals surface area contributed by atoms with Crippen LogP contribution in [0.4, 0.5) is 0 Å². The van der Waals surface area contributed by atoms with Gasteiger partial charge in [0.25, 0.3) is 0 Å². The van der Waals surface area contributed by atoms with Crippen LogP contribution in [0.1, 0.15) is 46.2 Å². The van der Waals surface area contributed by atoms with E-state index in [1.807, 2.05) is 30.3 Å². The molecule has 1 heterocycles. The molecule has 7 rings (SSSR count). The monoisotopic (exact) mass is 642 g/mol. The quantitative estimate of drug-likeness (QED) is 0.144. The number of ether oxygens (including phenoxy) is 6. The van der Waals surface area contributed by atoms with Crippen molar-refractivity contribution in [3.05, 3.63) is 124 Å². The summed E-state index contributed by atoms with van der Waals surface area (Å²) in [6.45, 7) is 3.39. The Morgan fingerprint density at radius 1 is 0.625 bits per heavy atom. The van der Waals surface area contributed by atoms with Gasteiger partial charge >= 0.3 is 0 Å². The van der Waals surface area contributed by atoms with Crippen LogP contribution in [0.2, 0.25) is 0 Å². The second kappa shape index (κ2) is 12.7. The summed E-state index contributed by atoms with van der Waals surface area (Å²) in [5.41, 5.74) is 8.04. The number of benzene rings is 5. The summed E-state index contributed by atoms with van der Waals surface area (Å²) >= 11 is 0. The van der Waals surface area contributed by atoms with Crippen molar-refractivity contribution in [3.8, 4) is 34.1 Å². The van der Waals surface area contributed by atoms with Crippen LogP contribution in [-0.4, -0.2) is 48.8 Å². The lowest BCUT2D eigenvalue weighted by Gasteiger charge is -2.40. The first-order valence-electron chi connectivity index (χ1n) is 16.4. The van der Waals surface area contributed by atoms with E-state index >= 15 is 0 Å². The van der Waals surface area contributed by atoms with Gasteiger partial charge in [-0.2, -0.15) is 0 Å². The molecule has 6 nitrogen and oxygen atoms in total. The van der Waals surface area contributed by atoms with E-state index in [0.29, 0.717) is 13.2 Å². The standard InChI is InChI=1S/C42H42O6/c1-27-7-17-34-37(25-27)41(21-23-43-2,22-24-44-3)39-35-19-20-42(28-8-12-30(45-4)13-9-28,29-10-14-31(46-5)15-11-29)48-40(35)36-26-32(47-6)16-18-33(36)38(34)39/h7-20,25-26H,21-24H2,1-6H3. The lowest BCUT2D eigenvalue weighted by atomic mass is 9.70. The summed E-state index contributed by atoms with van der Waals surface area (Å²) in [4.78, 5) is 0. The highest BCUT2D eigenvalue weighted by Crippen LogP contribution is 2.61. The third kappa shape index (κ3) is 4.94. The molecule has 0 N–H and O–H groups in total. The van der Waals surface area contributed by atoms with Gasteiger partial charge in [0, 0.05) is 54.9 Å². The molecule has 5 aromatic rings. The van der Waals surface area contributed by atoms with Gasteiger partial charge in [-0.25, -0.2) is 0 Å². The minimum absolute atomic E-state index is 0.352. The van der Waals surface area contributed by atoms with Gasteiger partial charge in [-0.3, -0.25) is 0 Å². The largest absolute Gasteiger partial charge is 0.497 e. The number of aryl methyl sites for hydroxylation is 1. The molecule has 246 valence electrons. The van der Waals surface area contributed by atoms with E-state index in [0.717, 1.165) is 63.3 Å². The van der Waals surface area contributed by atoms with E-state index in [2.05, 4.69) is 73.7 Å². The predicted molar refractivity (Wildman–Crippen MR) is 191 cm³/mol. The van der Waals surface area contributed by atoms with Crippen molar-refractivity contribution in [1.29, 1.82) is 0 Å². The second-order valence-electron chi connectivity index (χ2n) is 12.6. The maximum atomic E-state index is 7.52. The van der Waals surface area contributed by atoms with E-state index in [1.54, 1.807) is 35.5 Å². The first-order valence-corrected chi connectivity index (χ1v) is 16.4. The number of fused-ring (bicyclic) bond motifs is 8. The Kier molecular flexibility index (Phi) is 8.40. The fourth-order valence-electron chi connectivity index (χ4n) is 7.78. The molecular formula is C42H42O6. The van der Waals surface area contributed by atoms with Crippen LogP contribution in [-0.2, 0) is 20.5 Å². The molecule has 1 aliphatic heterocycles. The van der Waals surface area contributed by atoms with Gasteiger partial charge < -0.3 is 28.4 Å². The number of hydrogen-bond donors (Lipinski definition) is 0. The maximum Gasteiger partial charge on any atom is 0.178 e. The first-order chi connectivity index (χ1) is 23.4. The highest BCUT2D eigenvalue weighted by atomic mass is 16.5. The lowest BCUT2D eigenvalue weighted by Crippen LogP contribution is -2.36. The molecule has 0 aromatic heterocycles. The second-order valence-corrected chi connectivity index (χ2v) is 12.6.